The highest BCUT2D eigenvalue weighted by atomic mass is 16.5. The summed E-state index contributed by atoms with van der Waals surface area (Å²) < 4.78 is 17.1. The van der Waals surface area contributed by atoms with Gasteiger partial charge in [0.05, 0.1) is 19.8 Å². The first-order valence-electron chi connectivity index (χ1n) is 9.07. The van der Waals surface area contributed by atoms with Crippen LogP contribution in [0.4, 0.5) is 0 Å². The van der Waals surface area contributed by atoms with Crippen LogP contribution >= 0.6 is 0 Å². The molecule has 1 aromatic carbocycles. The van der Waals surface area contributed by atoms with Gasteiger partial charge in [0.1, 0.15) is 17.6 Å². The van der Waals surface area contributed by atoms with E-state index in [1.54, 1.807) is 7.11 Å². The molecule has 1 aromatic rings. The van der Waals surface area contributed by atoms with Crippen molar-refractivity contribution in [1.82, 2.24) is 10.2 Å². The van der Waals surface area contributed by atoms with E-state index in [2.05, 4.69) is 10.2 Å². The number of carbonyl (C=O) groups excluding carboxylic acids is 1. The summed E-state index contributed by atoms with van der Waals surface area (Å²) in [4.78, 5) is 14.5. The number of hydrogen-bond acceptors (Lipinski definition) is 5. The molecule has 1 saturated heterocycles. The lowest BCUT2D eigenvalue weighted by atomic mass is 10.1. The predicted octanol–water partition coefficient (Wildman–Crippen LogP) is 1.96. The number of nitrogens with zero attached hydrogens (tertiary/aromatic N) is 1. The highest BCUT2D eigenvalue weighted by Crippen LogP contribution is 2.30. The maximum absolute atomic E-state index is 12.4. The third kappa shape index (κ3) is 4.86. The summed E-state index contributed by atoms with van der Waals surface area (Å²) in [5.41, 5.74) is 0.963. The fourth-order valence-electron chi connectivity index (χ4n) is 3.34. The average molecular weight is 348 g/mol. The van der Waals surface area contributed by atoms with E-state index >= 15 is 0 Å². The highest BCUT2D eigenvalue weighted by molar-refractivity contribution is 5.81. The second kappa shape index (κ2) is 8.54. The monoisotopic (exact) mass is 348 g/mol. The van der Waals surface area contributed by atoms with E-state index in [0.717, 1.165) is 36.4 Å². The smallest absolute Gasteiger partial charge is 0.250 e. The van der Waals surface area contributed by atoms with Crippen molar-refractivity contribution in [3.63, 3.8) is 0 Å². The fourth-order valence-corrected chi connectivity index (χ4v) is 3.34. The number of methoxy groups -OCH3 is 1. The lowest BCUT2D eigenvalue weighted by molar-refractivity contribution is -0.138. The summed E-state index contributed by atoms with van der Waals surface area (Å²) in [6.45, 7) is 2.50. The van der Waals surface area contributed by atoms with Crippen LogP contribution in [0.2, 0.25) is 0 Å². The maximum Gasteiger partial charge on any atom is 0.250 e. The Morgan fingerprint density at radius 3 is 2.88 bits per heavy atom. The SMILES string of the molecule is COc1ccc(CNC(=O)[C@@H]2CN(C)CCO2)c(OC2CCCC2)c1. The van der Waals surface area contributed by atoms with Crippen molar-refractivity contribution in [2.45, 2.75) is 44.4 Å². The molecule has 1 saturated carbocycles. The number of hydrogen-bond donors (Lipinski definition) is 1. The molecule has 0 unspecified atom stereocenters. The zero-order valence-electron chi connectivity index (χ0n) is 15.1. The van der Waals surface area contributed by atoms with Crippen LogP contribution in [0.1, 0.15) is 31.2 Å². The van der Waals surface area contributed by atoms with Gasteiger partial charge in [-0.25, -0.2) is 0 Å². The van der Waals surface area contributed by atoms with Crippen molar-refractivity contribution in [1.29, 1.82) is 0 Å². The molecule has 138 valence electrons. The molecule has 6 heteroatoms. The quantitative estimate of drug-likeness (QED) is 0.852. The first-order chi connectivity index (χ1) is 12.2. The summed E-state index contributed by atoms with van der Waals surface area (Å²) in [6.07, 6.45) is 4.46. The lowest BCUT2D eigenvalue weighted by Gasteiger charge is -2.29. The number of amides is 1. The summed E-state index contributed by atoms with van der Waals surface area (Å²) >= 11 is 0. The van der Waals surface area contributed by atoms with Crippen molar-refractivity contribution < 1.29 is 19.0 Å². The van der Waals surface area contributed by atoms with Crippen LogP contribution in [0.25, 0.3) is 0 Å². The molecule has 0 bridgehead atoms. The molecule has 1 aliphatic carbocycles. The van der Waals surface area contributed by atoms with Crippen LogP contribution in [-0.2, 0) is 16.1 Å². The minimum Gasteiger partial charge on any atom is -0.497 e. The van der Waals surface area contributed by atoms with Crippen molar-refractivity contribution in [2.24, 2.45) is 0 Å². The molecule has 3 rings (SSSR count). The summed E-state index contributed by atoms with van der Waals surface area (Å²) in [6, 6.07) is 5.76. The van der Waals surface area contributed by atoms with Crippen molar-refractivity contribution in [3.8, 4) is 11.5 Å². The molecule has 1 amide bonds. The number of rotatable bonds is 6. The second-order valence-corrected chi connectivity index (χ2v) is 6.84. The van der Waals surface area contributed by atoms with Crippen LogP contribution < -0.4 is 14.8 Å². The van der Waals surface area contributed by atoms with E-state index in [1.807, 2.05) is 25.2 Å². The van der Waals surface area contributed by atoms with Gasteiger partial charge in [0.25, 0.3) is 5.91 Å². The molecule has 1 N–H and O–H groups in total. The molecule has 6 nitrogen and oxygen atoms in total. The van der Waals surface area contributed by atoms with Crippen molar-refractivity contribution in [2.75, 3.05) is 33.9 Å². The zero-order chi connectivity index (χ0) is 17.6. The molecule has 2 fully saturated rings. The fraction of sp³-hybridized carbons (Fsp3) is 0.632. The van der Waals surface area contributed by atoms with Crippen LogP contribution in [0, 0.1) is 0 Å². The van der Waals surface area contributed by atoms with Gasteiger partial charge in [-0.05, 0) is 44.9 Å². The molecule has 1 atom stereocenters. The minimum absolute atomic E-state index is 0.0748. The number of benzene rings is 1. The number of ether oxygens (including phenoxy) is 3. The Bertz CT molecular complexity index is 587. The molecule has 1 heterocycles. The first kappa shape index (κ1) is 18.0. The Hall–Kier alpha value is -1.79. The Morgan fingerprint density at radius 2 is 2.16 bits per heavy atom. The third-order valence-electron chi connectivity index (χ3n) is 4.89. The standard InChI is InChI=1S/C19H28N2O4/c1-21-9-10-24-18(13-21)19(22)20-12-14-7-8-16(23-2)11-17(14)25-15-5-3-4-6-15/h7-8,11,15,18H,3-6,9-10,12-13H2,1-2H3,(H,20,22)/t18-/m0/s1. The van der Waals surface area contributed by atoms with Gasteiger partial charge in [-0.1, -0.05) is 0 Å². The molecular formula is C19H28N2O4. The zero-order valence-corrected chi connectivity index (χ0v) is 15.1. The predicted molar refractivity (Wildman–Crippen MR) is 95.0 cm³/mol. The first-order valence-corrected chi connectivity index (χ1v) is 9.07. The minimum atomic E-state index is -0.406. The van der Waals surface area contributed by atoms with Crippen LogP contribution in [-0.4, -0.2) is 56.9 Å². The number of carbonyl (C=O) groups is 1. The Kier molecular flexibility index (Phi) is 6.15. The van der Waals surface area contributed by atoms with Crippen LogP contribution in [0.3, 0.4) is 0 Å². The van der Waals surface area contributed by atoms with Crippen molar-refractivity contribution in [3.05, 3.63) is 23.8 Å². The van der Waals surface area contributed by atoms with Gasteiger partial charge >= 0.3 is 0 Å². The summed E-state index contributed by atoms with van der Waals surface area (Å²) in [5.74, 6) is 1.49. The molecule has 0 radical (unpaired) electrons. The van der Waals surface area contributed by atoms with Gasteiger partial charge in [0, 0.05) is 31.3 Å². The number of nitrogens with one attached hydrogen (secondary N) is 1. The van der Waals surface area contributed by atoms with E-state index in [0.29, 0.717) is 19.7 Å². The molecule has 0 aromatic heterocycles. The molecule has 0 spiro atoms. The Morgan fingerprint density at radius 1 is 1.36 bits per heavy atom. The van der Waals surface area contributed by atoms with Crippen LogP contribution in [0.5, 0.6) is 11.5 Å². The van der Waals surface area contributed by atoms with Gasteiger partial charge in [0.15, 0.2) is 0 Å². The largest absolute Gasteiger partial charge is 0.497 e. The van der Waals surface area contributed by atoms with Gasteiger partial charge < -0.3 is 24.4 Å². The van der Waals surface area contributed by atoms with E-state index in [-0.39, 0.29) is 12.0 Å². The van der Waals surface area contributed by atoms with Gasteiger partial charge in [-0.15, -0.1) is 0 Å². The van der Waals surface area contributed by atoms with E-state index in [1.165, 1.54) is 12.8 Å². The molecule has 2 aliphatic rings. The molecular weight excluding hydrogens is 320 g/mol. The van der Waals surface area contributed by atoms with Crippen LogP contribution in [0.15, 0.2) is 18.2 Å². The van der Waals surface area contributed by atoms with Crippen molar-refractivity contribution >= 4 is 5.91 Å². The van der Waals surface area contributed by atoms with Gasteiger partial charge in [-0.2, -0.15) is 0 Å². The topological polar surface area (TPSA) is 60.0 Å². The second-order valence-electron chi connectivity index (χ2n) is 6.84. The molecule has 25 heavy (non-hydrogen) atoms. The lowest BCUT2D eigenvalue weighted by Crippen LogP contribution is -2.48. The molecule has 1 aliphatic heterocycles. The average Bonchev–Trinajstić information content (AvgIpc) is 3.13. The number of morpholine rings is 1. The van der Waals surface area contributed by atoms with E-state index in [4.69, 9.17) is 14.2 Å². The van der Waals surface area contributed by atoms with E-state index < -0.39 is 6.10 Å². The summed E-state index contributed by atoms with van der Waals surface area (Å²) in [7, 11) is 3.65. The Balaban J connectivity index is 1.63. The Labute approximate surface area is 149 Å². The third-order valence-corrected chi connectivity index (χ3v) is 4.89. The number of likely N-dealkylation sites (N-methyl/N-ethyl adjacent to an activating group) is 1. The van der Waals surface area contributed by atoms with Gasteiger partial charge in [-0.3, -0.25) is 4.79 Å². The summed E-state index contributed by atoms with van der Waals surface area (Å²) in [5, 5.41) is 2.98. The van der Waals surface area contributed by atoms with Gasteiger partial charge in [0.2, 0.25) is 0 Å². The highest BCUT2D eigenvalue weighted by Gasteiger charge is 2.25. The maximum atomic E-state index is 12.4. The normalized spacial score (nSPS) is 21.9. The van der Waals surface area contributed by atoms with E-state index in [9.17, 15) is 4.79 Å².